The Balaban J connectivity index is 0.00000385. The molecular weight excluding hydrogens is 476 g/mol. The summed E-state index contributed by atoms with van der Waals surface area (Å²) in [6.07, 6.45) is 1.19. The van der Waals surface area contributed by atoms with Gasteiger partial charge in [0.1, 0.15) is 11.6 Å². The van der Waals surface area contributed by atoms with Gasteiger partial charge in [0, 0.05) is 37.3 Å². The van der Waals surface area contributed by atoms with Gasteiger partial charge >= 0.3 is 5.97 Å². The van der Waals surface area contributed by atoms with E-state index in [2.05, 4.69) is 0 Å². The van der Waals surface area contributed by atoms with Crippen LogP contribution >= 0.6 is 12.4 Å². The van der Waals surface area contributed by atoms with Crippen molar-refractivity contribution in [1.29, 1.82) is 0 Å². The van der Waals surface area contributed by atoms with Crippen LogP contribution in [0.15, 0.2) is 53.2 Å². The third kappa shape index (κ3) is 4.93. The summed E-state index contributed by atoms with van der Waals surface area (Å²) in [5, 5.41) is 9.74. The fourth-order valence-electron chi connectivity index (χ4n) is 3.60. The summed E-state index contributed by atoms with van der Waals surface area (Å²) in [7, 11) is -0.911. The van der Waals surface area contributed by atoms with E-state index in [1.165, 1.54) is 42.9 Å². The van der Waals surface area contributed by atoms with Crippen LogP contribution in [0.1, 0.15) is 16.1 Å². The van der Waals surface area contributed by atoms with E-state index in [9.17, 15) is 27.1 Å². The summed E-state index contributed by atoms with van der Waals surface area (Å²) in [5.41, 5.74) is 6.59. The van der Waals surface area contributed by atoms with Crippen molar-refractivity contribution in [3.63, 3.8) is 0 Å². The van der Waals surface area contributed by atoms with Gasteiger partial charge in [-0.15, -0.1) is 12.4 Å². The van der Waals surface area contributed by atoms with E-state index >= 15 is 0 Å². The lowest BCUT2D eigenvalue weighted by molar-refractivity contribution is 0.0692. The van der Waals surface area contributed by atoms with Gasteiger partial charge in [-0.25, -0.2) is 26.3 Å². The molecule has 0 atom stereocenters. The topological polar surface area (TPSA) is 106 Å². The highest BCUT2D eigenvalue weighted by Crippen LogP contribution is 2.37. The molecule has 0 spiro atoms. The molecule has 7 nitrogen and oxygen atoms in total. The second-order valence-corrected chi connectivity index (χ2v) is 9.55. The largest absolute Gasteiger partial charge is 0.478 e. The molecule has 0 aliphatic rings. The van der Waals surface area contributed by atoms with Gasteiger partial charge in [-0.1, -0.05) is 12.1 Å². The maximum absolute atomic E-state index is 14.5. The van der Waals surface area contributed by atoms with Crippen LogP contribution in [-0.2, 0) is 16.6 Å². The van der Waals surface area contributed by atoms with E-state index in [-0.39, 0.29) is 35.9 Å². The SMILES string of the molecule is Cc1c(-c2cccc(S(=O)(=O)N(C)C)c2)c2cc(C(=O)O)c(F)cc2n1C/C(F)=C/CN.Cl. The molecule has 2 aromatic carbocycles. The van der Waals surface area contributed by atoms with Gasteiger partial charge in [-0.3, -0.25) is 0 Å². The van der Waals surface area contributed by atoms with Gasteiger partial charge in [0.2, 0.25) is 10.0 Å². The Bertz CT molecular complexity index is 1350. The molecular formula is C22H24ClF2N3O4S. The maximum Gasteiger partial charge on any atom is 0.338 e. The van der Waals surface area contributed by atoms with Gasteiger partial charge in [0.15, 0.2) is 0 Å². The predicted octanol–water partition coefficient (Wildman–Crippen LogP) is 3.94. The summed E-state index contributed by atoms with van der Waals surface area (Å²) in [4.78, 5) is 11.6. The standard InChI is InChI=1S/C22H23F2N3O4S.ClH/c1-13-21(14-5-4-6-16(9-14)32(30,31)26(2)3)18-10-17(22(28)29)19(24)11-20(18)27(13)12-15(23)7-8-25;/h4-7,9-11H,8,12,25H2,1-3H3,(H,28,29);1H/b15-7-;. The molecule has 178 valence electrons. The first-order chi connectivity index (χ1) is 15.0. The number of hydrogen-bond donors (Lipinski definition) is 2. The minimum Gasteiger partial charge on any atom is -0.478 e. The molecule has 0 radical (unpaired) electrons. The molecule has 0 saturated heterocycles. The molecule has 1 aromatic heterocycles. The van der Waals surface area contributed by atoms with E-state index in [1.54, 1.807) is 19.1 Å². The van der Waals surface area contributed by atoms with Crippen molar-refractivity contribution in [2.75, 3.05) is 20.6 Å². The number of benzene rings is 2. The van der Waals surface area contributed by atoms with E-state index in [0.29, 0.717) is 22.2 Å². The van der Waals surface area contributed by atoms with Gasteiger partial charge in [0.05, 0.1) is 22.5 Å². The molecule has 1 heterocycles. The van der Waals surface area contributed by atoms with Crippen molar-refractivity contribution in [2.45, 2.75) is 18.4 Å². The number of nitrogens with zero attached hydrogens (tertiary/aromatic N) is 2. The minimum atomic E-state index is -3.73. The predicted molar refractivity (Wildman–Crippen MR) is 125 cm³/mol. The van der Waals surface area contributed by atoms with Crippen molar-refractivity contribution in [2.24, 2.45) is 5.73 Å². The molecule has 0 amide bonds. The van der Waals surface area contributed by atoms with Gasteiger partial charge in [0.25, 0.3) is 0 Å². The number of aromatic carboxylic acids is 1. The summed E-state index contributed by atoms with van der Waals surface area (Å²) < 4.78 is 56.6. The first kappa shape index (κ1) is 26.5. The highest BCUT2D eigenvalue weighted by atomic mass is 35.5. The van der Waals surface area contributed by atoms with Gasteiger partial charge in [-0.05, 0) is 42.8 Å². The van der Waals surface area contributed by atoms with Gasteiger partial charge in [-0.2, -0.15) is 0 Å². The second kappa shape index (κ2) is 10.0. The normalized spacial score (nSPS) is 12.3. The third-order valence-corrected chi connectivity index (χ3v) is 7.00. The van der Waals surface area contributed by atoms with E-state index in [4.69, 9.17) is 5.73 Å². The van der Waals surface area contributed by atoms with E-state index < -0.39 is 33.2 Å². The quantitative estimate of drug-likeness (QED) is 0.512. The number of halogens is 3. The Kier molecular flexibility index (Phi) is 8.02. The highest BCUT2D eigenvalue weighted by Gasteiger charge is 2.23. The zero-order chi connectivity index (χ0) is 23.8. The molecule has 3 N–H and O–H groups in total. The van der Waals surface area contributed by atoms with Crippen LogP contribution in [0, 0.1) is 12.7 Å². The molecule has 0 unspecified atom stereocenters. The van der Waals surface area contributed by atoms with Crippen molar-refractivity contribution >= 4 is 39.3 Å². The number of fused-ring (bicyclic) bond motifs is 1. The molecule has 0 aliphatic carbocycles. The Hall–Kier alpha value is -2.79. The lowest BCUT2D eigenvalue weighted by Crippen LogP contribution is -2.22. The first-order valence-electron chi connectivity index (χ1n) is 9.62. The molecule has 3 rings (SSSR count). The molecule has 0 bridgehead atoms. The minimum absolute atomic E-state index is 0. The van der Waals surface area contributed by atoms with Gasteiger partial charge < -0.3 is 15.4 Å². The van der Waals surface area contributed by atoms with Crippen LogP contribution in [0.4, 0.5) is 8.78 Å². The van der Waals surface area contributed by atoms with Crippen molar-refractivity contribution in [3.8, 4) is 11.1 Å². The Morgan fingerprint density at radius 1 is 1.24 bits per heavy atom. The lowest BCUT2D eigenvalue weighted by Gasteiger charge is -2.13. The first-order valence-corrected chi connectivity index (χ1v) is 11.1. The zero-order valence-electron chi connectivity index (χ0n) is 18.2. The van der Waals surface area contributed by atoms with Crippen LogP contribution in [0.2, 0.25) is 0 Å². The van der Waals surface area contributed by atoms with Crippen molar-refractivity contribution in [1.82, 2.24) is 8.87 Å². The summed E-state index contributed by atoms with van der Waals surface area (Å²) >= 11 is 0. The zero-order valence-corrected chi connectivity index (χ0v) is 19.8. The molecule has 3 aromatic rings. The molecule has 33 heavy (non-hydrogen) atoms. The van der Waals surface area contributed by atoms with E-state index in [1.807, 2.05) is 0 Å². The number of carboxylic acid groups (broad SMARTS) is 1. The van der Waals surface area contributed by atoms with Crippen molar-refractivity contribution in [3.05, 3.63) is 65.4 Å². The number of aromatic nitrogens is 1. The summed E-state index contributed by atoms with van der Waals surface area (Å²) in [6, 6.07) is 8.35. The third-order valence-electron chi connectivity index (χ3n) is 5.19. The average Bonchev–Trinajstić information content (AvgIpc) is 2.98. The molecule has 0 saturated carbocycles. The maximum atomic E-state index is 14.5. The second-order valence-electron chi connectivity index (χ2n) is 7.40. The van der Waals surface area contributed by atoms with Crippen LogP contribution in [0.3, 0.4) is 0 Å². The molecule has 0 aliphatic heterocycles. The van der Waals surface area contributed by atoms with Crippen LogP contribution in [0.5, 0.6) is 0 Å². The number of allylic oxidation sites excluding steroid dienone is 1. The number of carbonyl (C=O) groups is 1. The van der Waals surface area contributed by atoms with Crippen LogP contribution in [-0.4, -0.2) is 49.0 Å². The fraction of sp³-hybridized carbons (Fsp3) is 0.227. The van der Waals surface area contributed by atoms with Crippen molar-refractivity contribution < 1.29 is 27.1 Å². The average molecular weight is 500 g/mol. The number of carboxylic acids is 1. The Morgan fingerprint density at radius 3 is 2.48 bits per heavy atom. The summed E-state index contributed by atoms with van der Waals surface area (Å²) in [6.45, 7) is 1.43. The smallest absolute Gasteiger partial charge is 0.338 e. The Labute approximate surface area is 196 Å². The summed E-state index contributed by atoms with van der Waals surface area (Å²) in [5.74, 6) is -2.94. The fourth-order valence-corrected chi connectivity index (χ4v) is 4.54. The number of rotatable bonds is 7. The number of sulfonamides is 1. The lowest BCUT2D eigenvalue weighted by atomic mass is 10.0. The molecule has 0 fully saturated rings. The van der Waals surface area contributed by atoms with E-state index in [0.717, 1.165) is 10.4 Å². The number of nitrogens with two attached hydrogens (primary N) is 1. The number of hydrogen-bond acceptors (Lipinski definition) is 4. The Morgan fingerprint density at radius 2 is 1.91 bits per heavy atom. The monoisotopic (exact) mass is 499 g/mol. The highest BCUT2D eigenvalue weighted by molar-refractivity contribution is 7.89. The van der Waals surface area contributed by atoms with Crippen LogP contribution in [0.25, 0.3) is 22.0 Å². The molecule has 11 heteroatoms. The van der Waals surface area contributed by atoms with Crippen LogP contribution < -0.4 is 5.73 Å².